The van der Waals surface area contributed by atoms with Crippen LogP contribution in [0.2, 0.25) is 0 Å². The Labute approximate surface area is 152 Å². The molecule has 2 heterocycles. The molecule has 2 aromatic heterocycles. The molecular weight excluding hydrogens is 364 g/mol. The number of hydrogen-bond donors (Lipinski definition) is 1. The van der Waals surface area contributed by atoms with Crippen LogP contribution in [0.3, 0.4) is 0 Å². The second kappa shape index (κ2) is 7.56. The van der Waals surface area contributed by atoms with Gasteiger partial charge in [-0.1, -0.05) is 12.1 Å². The first-order chi connectivity index (χ1) is 12.8. The first-order valence-electron chi connectivity index (χ1n) is 7.85. The van der Waals surface area contributed by atoms with Crippen LogP contribution >= 0.6 is 0 Å². The molecule has 1 unspecified atom stereocenters. The van der Waals surface area contributed by atoms with Crippen LogP contribution in [0, 0.1) is 5.82 Å². The van der Waals surface area contributed by atoms with E-state index in [0.29, 0.717) is 17.1 Å². The van der Waals surface area contributed by atoms with Gasteiger partial charge >= 0.3 is 6.36 Å². The summed E-state index contributed by atoms with van der Waals surface area (Å²) in [5, 5.41) is 3.11. The average Bonchev–Trinajstić information content (AvgIpc) is 2.61. The second-order valence-electron chi connectivity index (χ2n) is 5.66. The lowest BCUT2D eigenvalue weighted by Gasteiger charge is -2.15. The number of aromatic nitrogens is 3. The lowest BCUT2D eigenvalue weighted by atomic mass is 10.1. The second-order valence-corrected chi connectivity index (χ2v) is 5.66. The number of ether oxygens (including phenoxy) is 1. The van der Waals surface area contributed by atoms with Gasteiger partial charge in [-0.25, -0.2) is 9.37 Å². The highest BCUT2D eigenvalue weighted by Gasteiger charge is 2.31. The molecule has 9 heteroatoms. The van der Waals surface area contributed by atoms with Crippen molar-refractivity contribution in [2.24, 2.45) is 0 Å². The van der Waals surface area contributed by atoms with Crippen LogP contribution in [-0.2, 0) is 0 Å². The lowest BCUT2D eigenvalue weighted by Crippen LogP contribution is -2.17. The van der Waals surface area contributed by atoms with Gasteiger partial charge in [0, 0.05) is 17.8 Å². The number of rotatable bonds is 5. The summed E-state index contributed by atoms with van der Waals surface area (Å²) in [7, 11) is 0. The molecule has 1 N–H and O–H groups in total. The minimum Gasteiger partial charge on any atom is -0.404 e. The van der Waals surface area contributed by atoms with E-state index < -0.39 is 12.1 Å². The minimum atomic E-state index is -4.80. The van der Waals surface area contributed by atoms with Crippen LogP contribution in [-0.4, -0.2) is 21.3 Å². The van der Waals surface area contributed by atoms with E-state index in [1.165, 1.54) is 36.8 Å². The summed E-state index contributed by atoms with van der Waals surface area (Å²) in [5.41, 5.74) is 1.54. The molecule has 0 amide bonds. The van der Waals surface area contributed by atoms with E-state index in [9.17, 15) is 17.6 Å². The molecule has 0 saturated carbocycles. The lowest BCUT2D eigenvalue weighted by molar-refractivity contribution is -0.274. The zero-order valence-electron chi connectivity index (χ0n) is 14.0. The smallest absolute Gasteiger partial charge is 0.404 e. The molecule has 0 aliphatic carbocycles. The summed E-state index contributed by atoms with van der Waals surface area (Å²) in [4.78, 5) is 12.1. The van der Waals surface area contributed by atoms with E-state index in [-0.39, 0.29) is 11.9 Å². The highest BCUT2D eigenvalue weighted by Crippen LogP contribution is 2.26. The first-order valence-corrected chi connectivity index (χ1v) is 7.85. The van der Waals surface area contributed by atoms with Gasteiger partial charge in [-0.2, -0.15) is 0 Å². The Morgan fingerprint density at radius 3 is 2.37 bits per heavy atom. The summed E-state index contributed by atoms with van der Waals surface area (Å²) in [6.07, 6.45) is 0.392. The standard InChI is InChI=1S/C18H14F4N4O/c1-11(12-2-4-14(19)5-3-12)26-17-10-24-16(9-25-17)13-6-15(8-23-7-13)27-18(20,21)22/h2-11H,1H3,(H,25,26). The fourth-order valence-electron chi connectivity index (χ4n) is 2.36. The molecule has 0 bridgehead atoms. The van der Waals surface area contributed by atoms with Crippen LogP contribution in [0.25, 0.3) is 11.3 Å². The Morgan fingerprint density at radius 2 is 1.74 bits per heavy atom. The van der Waals surface area contributed by atoms with Crippen molar-refractivity contribution >= 4 is 5.82 Å². The van der Waals surface area contributed by atoms with E-state index in [0.717, 1.165) is 11.8 Å². The molecule has 0 spiro atoms. The van der Waals surface area contributed by atoms with Crippen molar-refractivity contribution in [2.75, 3.05) is 5.32 Å². The third-order valence-corrected chi connectivity index (χ3v) is 3.63. The number of hydrogen-bond acceptors (Lipinski definition) is 5. The van der Waals surface area contributed by atoms with E-state index in [1.807, 2.05) is 6.92 Å². The third-order valence-electron chi connectivity index (χ3n) is 3.63. The Hall–Kier alpha value is -3.23. The quantitative estimate of drug-likeness (QED) is 0.650. The van der Waals surface area contributed by atoms with E-state index in [2.05, 4.69) is 25.0 Å². The molecule has 3 aromatic rings. The highest BCUT2D eigenvalue weighted by molar-refractivity contribution is 5.59. The van der Waals surface area contributed by atoms with Gasteiger partial charge in [0.2, 0.25) is 0 Å². The van der Waals surface area contributed by atoms with Gasteiger partial charge in [-0.3, -0.25) is 9.97 Å². The van der Waals surface area contributed by atoms with Gasteiger partial charge in [0.15, 0.2) is 0 Å². The Balaban J connectivity index is 1.72. The summed E-state index contributed by atoms with van der Waals surface area (Å²) in [5.74, 6) is -0.291. The number of nitrogens with zero attached hydrogens (tertiary/aromatic N) is 3. The number of pyridine rings is 1. The largest absolute Gasteiger partial charge is 0.573 e. The Morgan fingerprint density at radius 1 is 1.00 bits per heavy atom. The van der Waals surface area contributed by atoms with Gasteiger partial charge < -0.3 is 10.1 Å². The number of alkyl halides is 3. The van der Waals surface area contributed by atoms with Gasteiger partial charge in [0.1, 0.15) is 17.4 Å². The third kappa shape index (κ3) is 5.13. The maximum absolute atomic E-state index is 13.0. The molecule has 0 aliphatic rings. The molecule has 27 heavy (non-hydrogen) atoms. The number of halogens is 4. The molecule has 5 nitrogen and oxygen atoms in total. The number of nitrogens with one attached hydrogen (secondary N) is 1. The van der Waals surface area contributed by atoms with E-state index in [4.69, 9.17) is 0 Å². The molecule has 0 fully saturated rings. The SMILES string of the molecule is CC(Nc1cnc(-c2cncc(OC(F)(F)F)c2)cn1)c1ccc(F)cc1. The normalized spacial score (nSPS) is 12.5. The van der Waals surface area contributed by atoms with Crippen LogP contribution in [0.1, 0.15) is 18.5 Å². The molecule has 0 aliphatic heterocycles. The van der Waals surface area contributed by atoms with Crippen molar-refractivity contribution in [3.63, 3.8) is 0 Å². The zero-order valence-corrected chi connectivity index (χ0v) is 14.0. The Kier molecular flexibility index (Phi) is 5.20. The zero-order chi connectivity index (χ0) is 19.4. The summed E-state index contributed by atoms with van der Waals surface area (Å²) < 4.78 is 53.7. The summed E-state index contributed by atoms with van der Waals surface area (Å²) >= 11 is 0. The highest BCUT2D eigenvalue weighted by atomic mass is 19.4. The maximum atomic E-state index is 13.0. The molecule has 3 rings (SSSR count). The minimum absolute atomic E-state index is 0.143. The number of benzene rings is 1. The van der Waals surface area contributed by atoms with Crippen molar-refractivity contribution < 1.29 is 22.3 Å². The van der Waals surface area contributed by atoms with Crippen molar-refractivity contribution in [3.05, 3.63) is 66.5 Å². The van der Waals surface area contributed by atoms with Crippen molar-refractivity contribution in [1.29, 1.82) is 0 Å². The molecule has 1 aromatic carbocycles. The van der Waals surface area contributed by atoms with Crippen molar-refractivity contribution in [3.8, 4) is 17.0 Å². The van der Waals surface area contributed by atoms with Gasteiger partial charge in [0.05, 0.1) is 24.3 Å². The van der Waals surface area contributed by atoms with E-state index in [1.54, 1.807) is 12.1 Å². The fraction of sp³-hybridized carbons (Fsp3) is 0.167. The van der Waals surface area contributed by atoms with Crippen LogP contribution < -0.4 is 10.1 Å². The summed E-state index contributed by atoms with van der Waals surface area (Å²) in [6.45, 7) is 1.88. The predicted molar refractivity (Wildman–Crippen MR) is 90.4 cm³/mol. The fourth-order valence-corrected chi connectivity index (χ4v) is 2.36. The van der Waals surface area contributed by atoms with Crippen molar-refractivity contribution in [1.82, 2.24) is 15.0 Å². The Bertz CT molecular complexity index is 898. The topological polar surface area (TPSA) is 59.9 Å². The molecule has 140 valence electrons. The molecule has 0 saturated heterocycles. The van der Waals surface area contributed by atoms with Crippen molar-refractivity contribution in [2.45, 2.75) is 19.3 Å². The average molecular weight is 378 g/mol. The molecular formula is C18H14F4N4O. The molecule has 0 radical (unpaired) electrons. The summed E-state index contributed by atoms with van der Waals surface area (Å²) in [6, 6.07) is 7.09. The molecule has 1 atom stereocenters. The van der Waals surface area contributed by atoms with E-state index >= 15 is 0 Å². The number of anilines is 1. The van der Waals surface area contributed by atoms with Crippen LogP contribution in [0.4, 0.5) is 23.4 Å². The first kappa shape index (κ1) is 18.6. The maximum Gasteiger partial charge on any atom is 0.573 e. The van der Waals surface area contributed by atoms with Gasteiger partial charge in [0.25, 0.3) is 0 Å². The van der Waals surface area contributed by atoms with Crippen LogP contribution in [0.15, 0.2) is 55.1 Å². The monoisotopic (exact) mass is 378 g/mol. The van der Waals surface area contributed by atoms with Gasteiger partial charge in [-0.15, -0.1) is 13.2 Å². The van der Waals surface area contributed by atoms with Crippen LogP contribution in [0.5, 0.6) is 5.75 Å². The predicted octanol–water partition coefficient (Wildman–Crippen LogP) is 4.75. The van der Waals surface area contributed by atoms with Gasteiger partial charge in [-0.05, 0) is 30.7 Å².